The van der Waals surface area contributed by atoms with Crippen molar-refractivity contribution >= 4 is 17.3 Å². The number of hydrogen-bond donors (Lipinski definition) is 1. The number of benzene rings is 1. The van der Waals surface area contributed by atoms with Crippen LogP contribution in [-0.4, -0.2) is 44.9 Å². The van der Waals surface area contributed by atoms with Gasteiger partial charge in [0.25, 0.3) is 5.91 Å². The van der Waals surface area contributed by atoms with Crippen LogP contribution in [-0.2, 0) is 14.3 Å². The van der Waals surface area contributed by atoms with Crippen LogP contribution in [0.5, 0.6) is 0 Å². The Bertz CT molecular complexity index is 496. The normalized spacial score (nSPS) is 16.9. The summed E-state index contributed by atoms with van der Waals surface area (Å²) in [5, 5.41) is 2.90. The van der Waals surface area contributed by atoms with Crippen molar-refractivity contribution in [1.29, 1.82) is 0 Å². The Morgan fingerprint density at radius 1 is 1.25 bits per heavy atom. The molecule has 0 spiro atoms. The van der Waals surface area contributed by atoms with Gasteiger partial charge in [-0.3, -0.25) is 4.79 Å². The lowest BCUT2D eigenvalue weighted by atomic mass is 9.99. The number of amides is 1. The zero-order chi connectivity index (χ0) is 17.4. The second kappa shape index (κ2) is 9.64. The van der Waals surface area contributed by atoms with Crippen molar-refractivity contribution in [3.63, 3.8) is 0 Å². The largest absolute Gasteiger partial charge is 0.379 e. The second-order valence-electron chi connectivity index (χ2n) is 6.42. The number of nitrogens with zero attached hydrogens (tertiary/aromatic N) is 1. The summed E-state index contributed by atoms with van der Waals surface area (Å²) in [6, 6.07) is 8.06. The summed E-state index contributed by atoms with van der Waals surface area (Å²) in [6.07, 6.45) is 2.00. The molecule has 5 heteroatoms. The molecule has 2 rings (SSSR count). The van der Waals surface area contributed by atoms with Crippen LogP contribution in [0.1, 0.15) is 33.6 Å². The van der Waals surface area contributed by atoms with Crippen molar-refractivity contribution < 1.29 is 14.3 Å². The zero-order valence-corrected chi connectivity index (χ0v) is 15.1. The quantitative estimate of drug-likeness (QED) is 0.741. The third-order valence-corrected chi connectivity index (χ3v) is 4.45. The summed E-state index contributed by atoms with van der Waals surface area (Å²) < 4.78 is 10.7. The molecule has 1 aliphatic heterocycles. The van der Waals surface area contributed by atoms with Crippen LogP contribution in [0.4, 0.5) is 11.4 Å². The molecule has 1 amide bonds. The van der Waals surface area contributed by atoms with Gasteiger partial charge in [0, 0.05) is 31.1 Å². The van der Waals surface area contributed by atoms with Gasteiger partial charge in [-0.05, 0) is 56.9 Å². The average Bonchev–Trinajstić information content (AvgIpc) is 2.60. The fourth-order valence-electron chi connectivity index (χ4n) is 2.77. The highest BCUT2D eigenvalue weighted by atomic mass is 16.5. The van der Waals surface area contributed by atoms with E-state index in [0.717, 1.165) is 24.7 Å². The van der Waals surface area contributed by atoms with Gasteiger partial charge in [0.05, 0.1) is 13.2 Å². The van der Waals surface area contributed by atoms with Gasteiger partial charge in [0.2, 0.25) is 0 Å². The molecule has 1 N–H and O–H groups in total. The molecule has 1 fully saturated rings. The fraction of sp³-hybridized carbons (Fsp3) is 0.632. The van der Waals surface area contributed by atoms with Crippen LogP contribution in [0.15, 0.2) is 24.3 Å². The van der Waals surface area contributed by atoms with E-state index in [1.165, 1.54) is 18.5 Å². The first-order chi connectivity index (χ1) is 11.6. The first kappa shape index (κ1) is 18.7. The van der Waals surface area contributed by atoms with Crippen LogP contribution < -0.4 is 10.2 Å². The first-order valence-corrected chi connectivity index (χ1v) is 8.95. The summed E-state index contributed by atoms with van der Waals surface area (Å²) in [5.41, 5.74) is 2.02. The van der Waals surface area contributed by atoms with E-state index >= 15 is 0 Å². The lowest BCUT2D eigenvalue weighted by Gasteiger charge is -2.32. The molecule has 0 radical (unpaired) electrons. The molecule has 1 aliphatic rings. The van der Waals surface area contributed by atoms with Gasteiger partial charge in [-0.1, -0.05) is 6.92 Å². The summed E-state index contributed by atoms with van der Waals surface area (Å²) in [7, 11) is 0. The first-order valence-electron chi connectivity index (χ1n) is 8.95. The maximum Gasteiger partial charge on any atom is 0.253 e. The van der Waals surface area contributed by atoms with Crippen LogP contribution in [0.25, 0.3) is 0 Å². The highest BCUT2D eigenvalue weighted by Crippen LogP contribution is 2.24. The van der Waals surface area contributed by atoms with Crippen molar-refractivity contribution in [2.75, 3.05) is 43.1 Å². The molecule has 1 aromatic carbocycles. The van der Waals surface area contributed by atoms with E-state index in [1.54, 1.807) is 6.92 Å². The number of ether oxygens (including phenoxy) is 2. The van der Waals surface area contributed by atoms with E-state index in [9.17, 15) is 4.79 Å². The molecular weight excluding hydrogens is 304 g/mol. The molecule has 0 aromatic heterocycles. The Balaban J connectivity index is 1.79. The van der Waals surface area contributed by atoms with Crippen molar-refractivity contribution in [1.82, 2.24) is 0 Å². The van der Waals surface area contributed by atoms with Crippen molar-refractivity contribution in [2.45, 2.75) is 39.7 Å². The summed E-state index contributed by atoms with van der Waals surface area (Å²) in [5.74, 6) is 0.690. The van der Waals surface area contributed by atoms with E-state index < -0.39 is 6.10 Å². The topological polar surface area (TPSA) is 50.8 Å². The molecule has 1 aromatic rings. The van der Waals surface area contributed by atoms with Gasteiger partial charge in [-0.2, -0.15) is 0 Å². The molecular formula is C19H30N2O3. The van der Waals surface area contributed by atoms with E-state index in [1.807, 2.05) is 19.1 Å². The molecule has 1 saturated heterocycles. The third-order valence-electron chi connectivity index (χ3n) is 4.45. The minimum Gasteiger partial charge on any atom is -0.379 e. The third kappa shape index (κ3) is 5.80. The van der Waals surface area contributed by atoms with Gasteiger partial charge in [-0.25, -0.2) is 0 Å². The summed E-state index contributed by atoms with van der Waals surface area (Å²) >= 11 is 0. The van der Waals surface area contributed by atoms with Gasteiger partial charge >= 0.3 is 0 Å². The van der Waals surface area contributed by atoms with E-state index in [2.05, 4.69) is 29.3 Å². The average molecular weight is 334 g/mol. The minimum absolute atomic E-state index is 0.133. The molecule has 0 bridgehead atoms. The maximum absolute atomic E-state index is 12.1. The van der Waals surface area contributed by atoms with E-state index in [0.29, 0.717) is 19.8 Å². The number of piperidine rings is 1. The molecule has 134 valence electrons. The maximum atomic E-state index is 12.1. The number of carbonyl (C=O) groups is 1. The molecule has 24 heavy (non-hydrogen) atoms. The van der Waals surface area contributed by atoms with E-state index in [4.69, 9.17) is 9.47 Å². The number of hydrogen-bond acceptors (Lipinski definition) is 4. The number of anilines is 2. The lowest BCUT2D eigenvalue weighted by molar-refractivity contribution is -0.127. The Labute approximate surface area is 145 Å². The van der Waals surface area contributed by atoms with Crippen molar-refractivity contribution in [3.8, 4) is 0 Å². The number of rotatable bonds is 8. The van der Waals surface area contributed by atoms with Crippen molar-refractivity contribution in [3.05, 3.63) is 24.3 Å². The van der Waals surface area contributed by atoms with Crippen molar-refractivity contribution in [2.24, 2.45) is 5.92 Å². The standard InChI is InChI=1S/C19H30N2O3/c1-4-23-13-14-24-16(3)19(22)20-17-5-7-18(8-6-17)21-11-9-15(2)10-12-21/h5-8,15-16H,4,9-14H2,1-3H3,(H,20,22). The predicted octanol–water partition coefficient (Wildman–Crippen LogP) is 3.30. The summed E-state index contributed by atoms with van der Waals surface area (Å²) in [4.78, 5) is 14.5. The fourth-order valence-corrected chi connectivity index (χ4v) is 2.77. The van der Waals surface area contributed by atoms with Crippen LogP contribution in [0, 0.1) is 5.92 Å². The highest BCUT2D eigenvalue weighted by Gasteiger charge is 2.16. The predicted molar refractivity (Wildman–Crippen MR) is 97.6 cm³/mol. The number of carbonyl (C=O) groups excluding carboxylic acids is 1. The van der Waals surface area contributed by atoms with Gasteiger partial charge < -0.3 is 19.7 Å². The Morgan fingerprint density at radius 2 is 1.92 bits per heavy atom. The van der Waals surface area contributed by atoms with Gasteiger partial charge in [0.15, 0.2) is 0 Å². The summed E-state index contributed by atoms with van der Waals surface area (Å²) in [6.45, 7) is 9.82. The second-order valence-corrected chi connectivity index (χ2v) is 6.42. The van der Waals surface area contributed by atoms with Crippen LogP contribution >= 0.6 is 0 Å². The molecule has 1 heterocycles. The Hall–Kier alpha value is -1.59. The molecule has 0 aliphatic carbocycles. The Morgan fingerprint density at radius 3 is 2.54 bits per heavy atom. The van der Waals surface area contributed by atoms with E-state index in [-0.39, 0.29) is 5.91 Å². The van der Waals surface area contributed by atoms with Gasteiger partial charge in [0.1, 0.15) is 6.10 Å². The molecule has 5 nitrogen and oxygen atoms in total. The number of nitrogens with one attached hydrogen (secondary N) is 1. The molecule has 1 unspecified atom stereocenters. The Kier molecular flexibility index (Phi) is 7.53. The van der Waals surface area contributed by atoms with Crippen LogP contribution in [0.2, 0.25) is 0 Å². The monoisotopic (exact) mass is 334 g/mol. The SMILES string of the molecule is CCOCCOC(C)C(=O)Nc1ccc(N2CCC(C)CC2)cc1. The lowest BCUT2D eigenvalue weighted by Crippen LogP contribution is -2.32. The van der Waals surface area contributed by atoms with Crippen LogP contribution in [0.3, 0.4) is 0 Å². The minimum atomic E-state index is -0.492. The molecule has 1 atom stereocenters. The highest BCUT2D eigenvalue weighted by molar-refractivity contribution is 5.94. The molecule has 0 saturated carbocycles. The smallest absolute Gasteiger partial charge is 0.253 e. The zero-order valence-electron chi connectivity index (χ0n) is 15.1. The van der Waals surface area contributed by atoms with Gasteiger partial charge in [-0.15, -0.1) is 0 Å².